The van der Waals surface area contributed by atoms with E-state index in [0.717, 1.165) is 29.7 Å². The Morgan fingerprint density at radius 2 is 1.83 bits per heavy atom. The van der Waals surface area contributed by atoms with Crippen molar-refractivity contribution in [2.75, 3.05) is 20.2 Å². The number of hydrogen-bond acceptors (Lipinski definition) is 4. The van der Waals surface area contributed by atoms with Crippen LogP contribution in [0, 0.1) is 6.92 Å². The molecule has 1 heterocycles. The summed E-state index contributed by atoms with van der Waals surface area (Å²) in [6.45, 7) is 3.49. The highest BCUT2D eigenvalue weighted by atomic mass is 16.5. The van der Waals surface area contributed by atoms with Crippen LogP contribution in [0.4, 0.5) is 0 Å². The van der Waals surface area contributed by atoms with Gasteiger partial charge in [-0.25, -0.2) is 4.79 Å². The predicted molar refractivity (Wildman–Crippen MR) is 109 cm³/mol. The number of carbonyl (C=O) groups excluding carboxylic acids is 3. The van der Waals surface area contributed by atoms with Gasteiger partial charge < -0.3 is 14.5 Å². The zero-order valence-corrected chi connectivity index (χ0v) is 16.9. The van der Waals surface area contributed by atoms with Gasteiger partial charge >= 0.3 is 5.97 Å². The Labute approximate surface area is 171 Å². The van der Waals surface area contributed by atoms with E-state index < -0.39 is 5.97 Å². The number of ether oxygens (including phenoxy) is 1. The zero-order chi connectivity index (χ0) is 20.8. The lowest BCUT2D eigenvalue weighted by Crippen LogP contribution is -2.31. The lowest BCUT2D eigenvalue weighted by molar-refractivity contribution is -0.133. The molecular formula is C23H26N2O4. The van der Waals surface area contributed by atoms with Crippen molar-refractivity contribution in [2.24, 2.45) is 0 Å². The number of likely N-dealkylation sites (tertiary alicyclic amines) is 1. The monoisotopic (exact) mass is 394 g/mol. The lowest BCUT2D eigenvalue weighted by atomic mass is 10.1. The molecule has 29 heavy (non-hydrogen) atoms. The molecule has 0 aromatic heterocycles. The number of likely N-dealkylation sites (N-methyl/N-ethyl adjacent to an activating group) is 1. The Kier molecular flexibility index (Phi) is 6.65. The Hall–Kier alpha value is -3.15. The van der Waals surface area contributed by atoms with E-state index in [-0.39, 0.29) is 18.4 Å². The molecule has 0 unspecified atom stereocenters. The van der Waals surface area contributed by atoms with Crippen molar-refractivity contribution in [3.63, 3.8) is 0 Å². The van der Waals surface area contributed by atoms with E-state index in [0.29, 0.717) is 25.1 Å². The lowest BCUT2D eigenvalue weighted by Gasteiger charge is -2.18. The molecule has 1 fully saturated rings. The van der Waals surface area contributed by atoms with Crippen molar-refractivity contribution < 1.29 is 19.1 Å². The highest BCUT2D eigenvalue weighted by Crippen LogP contribution is 2.15. The molecule has 0 atom stereocenters. The molecule has 2 amide bonds. The fourth-order valence-corrected chi connectivity index (χ4v) is 3.29. The Morgan fingerprint density at radius 1 is 1.10 bits per heavy atom. The van der Waals surface area contributed by atoms with Crippen LogP contribution < -0.4 is 0 Å². The minimum atomic E-state index is -0.536. The number of nitrogens with zero attached hydrogens (tertiary/aromatic N) is 2. The average molecular weight is 394 g/mol. The number of hydrogen-bond donors (Lipinski definition) is 0. The van der Waals surface area contributed by atoms with Gasteiger partial charge in [-0.15, -0.1) is 0 Å². The number of aryl methyl sites for hydroxylation is 1. The Morgan fingerprint density at radius 3 is 2.48 bits per heavy atom. The van der Waals surface area contributed by atoms with E-state index in [1.807, 2.05) is 48.2 Å². The largest absolute Gasteiger partial charge is 0.452 e. The fraction of sp³-hybridized carbons (Fsp3) is 0.348. The van der Waals surface area contributed by atoms with Crippen LogP contribution in [-0.4, -0.2) is 47.8 Å². The van der Waals surface area contributed by atoms with Gasteiger partial charge in [0.05, 0.1) is 5.56 Å². The van der Waals surface area contributed by atoms with Gasteiger partial charge in [-0.1, -0.05) is 36.4 Å². The quantitative estimate of drug-likeness (QED) is 0.677. The summed E-state index contributed by atoms with van der Waals surface area (Å²) in [5, 5.41) is 0. The molecule has 2 aromatic rings. The van der Waals surface area contributed by atoms with E-state index >= 15 is 0 Å². The van der Waals surface area contributed by atoms with Crippen molar-refractivity contribution in [1.82, 2.24) is 9.80 Å². The van der Waals surface area contributed by atoms with Crippen LogP contribution in [0.3, 0.4) is 0 Å². The molecule has 1 aliphatic rings. The number of amides is 2. The minimum absolute atomic E-state index is 0.168. The third-order valence-electron chi connectivity index (χ3n) is 5.16. The second kappa shape index (κ2) is 9.37. The van der Waals surface area contributed by atoms with Crippen LogP contribution in [0.25, 0.3) is 0 Å². The number of esters is 1. The molecule has 3 rings (SSSR count). The van der Waals surface area contributed by atoms with Gasteiger partial charge in [0.1, 0.15) is 0 Å². The minimum Gasteiger partial charge on any atom is -0.452 e. The normalized spacial score (nSPS) is 13.4. The van der Waals surface area contributed by atoms with E-state index in [9.17, 15) is 14.4 Å². The molecule has 0 N–H and O–H groups in total. The zero-order valence-electron chi connectivity index (χ0n) is 16.9. The first-order valence-electron chi connectivity index (χ1n) is 9.76. The molecule has 0 aliphatic carbocycles. The summed E-state index contributed by atoms with van der Waals surface area (Å²) < 4.78 is 5.17. The summed E-state index contributed by atoms with van der Waals surface area (Å²) in [5.74, 6) is -0.626. The highest BCUT2D eigenvalue weighted by molar-refractivity contribution is 5.91. The molecule has 6 nitrogen and oxygen atoms in total. The van der Waals surface area contributed by atoms with Crippen molar-refractivity contribution >= 4 is 17.8 Å². The van der Waals surface area contributed by atoms with Crippen LogP contribution in [0.15, 0.2) is 48.5 Å². The van der Waals surface area contributed by atoms with Crippen molar-refractivity contribution in [1.29, 1.82) is 0 Å². The van der Waals surface area contributed by atoms with Crippen molar-refractivity contribution in [3.05, 3.63) is 70.8 Å². The van der Waals surface area contributed by atoms with Crippen molar-refractivity contribution in [3.8, 4) is 0 Å². The summed E-state index contributed by atoms with van der Waals surface area (Å²) in [4.78, 5) is 39.6. The van der Waals surface area contributed by atoms with Gasteiger partial charge in [0, 0.05) is 33.1 Å². The first-order chi connectivity index (χ1) is 13.9. The summed E-state index contributed by atoms with van der Waals surface area (Å²) in [7, 11) is 1.69. The molecule has 6 heteroatoms. The summed E-state index contributed by atoms with van der Waals surface area (Å²) in [6, 6.07) is 14.8. The van der Waals surface area contributed by atoms with Gasteiger partial charge in [-0.2, -0.15) is 0 Å². The van der Waals surface area contributed by atoms with Crippen molar-refractivity contribution in [2.45, 2.75) is 32.9 Å². The molecule has 152 valence electrons. The van der Waals surface area contributed by atoms with Gasteiger partial charge in [-0.05, 0) is 42.2 Å². The Balaban J connectivity index is 1.48. The summed E-state index contributed by atoms with van der Waals surface area (Å²) >= 11 is 0. The van der Waals surface area contributed by atoms with Crippen LogP contribution in [-0.2, 0) is 27.4 Å². The average Bonchev–Trinajstić information content (AvgIpc) is 3.12. The maximum absolute atomic E-state index is 12.3. The molecular weight excluding hydrogens is 368 g/mol. The number of benzene rings is 2. The second-order valence-corrected chi connectivity index (χ2v) is 7.37. The summed E-state index contributed by atoms with van der Waals surface area (Å²) in [5.41, 5.74) is 3.52. The molecule has 0 spiro atoms. The first kappa shape index (κ1) is 20.6. The standard InChI is InChI=1S/C23H26N2O4/c1-17-6-3-4-7-20(17)15-24(2)22(27)16-29-23(28)19-11-9-18(10-12-19)14-25-13-5-8-21(25)26/h3-4,6-7,9-12H,5,8,13-16H2,1-2H3. The van der Waals surface area contributed by atoms with Gasteiger partial charge in [0.15, 0.2) is 6.61 Å². The smallest absolute Gasteiger partial charge is 0.338 e. The van der Waals surface area contributed by atoms with Crippen LogP contribution >= 0.6 is 0 Å². The molecule has 0 saturated carbocycles. The van der Waals surface area contributed by atoms with Gasteiger partial charge in [-0.3, -0.25) is 9.59 Å². The maximum atomic E-state index is 12.3. The van der Waals surface area contributed by atoms with Gasteiger partial charge in [0.25, 0.3) is 5.91 Å². The van der Waals surface area contributed by atoms with E-state index in [4.69, 9.17) is 4.74 Å². The topological polar surface area (TPSA) is 66.9 Å². The van der Waals surface area contributed by atoms with E-state index in [2.05, 4.69) is 0 Å². The number of rotatable bonds is 7. The highest BCUT2D eigenvalue weighted by Gasteiger charge is 2.20. The maximum Gasteiger partial charge on any atom is 0.338 e. The molecule has 1 aliphatic heterocycles. The van der Waals surface area contributed by atoms with Crippen LogP contribution in [0.5, 0.6) is 0 Å². The Bertz CT molecular complexity index is 892. The number of carbonyl (C=O) groups is 3. The van der Waals surface area contributed by atoms with Crippen LogP contribution in [0.1, 0.15) is 39.9 Å². The molecule has 2 aromatic carbocycles. The third kappa shape index (κ3) is 5.44. The molecule has 1 saturated heterocycles. The summed E-state index contributed by atoms with van der Waals surface area (Å²) in [6.07, 6.45) is 1.51. The molecule has 0 bridgehead atoms. The van der Waals surface area contributed by atoms with E-state index in [1.54, 1.807) is 24.1 Å². The predicted octanol–water partition coefficient (Wildman–Crippen LogP) is 2.93. The second-order valence-electron chi connectivity index (χ2n) is 7.37. The SMILES string of the molecule is Cc1ccccc1CN(C)C(=O)COC(=O)c1ccc(CN2CCCC2=O)cc1. The van der Waals surface area contributed by atoms with Crippen LogP contribution in [0.2, 0.25) is 0 Å². The molecule has 0 radical (unpaired) electrons. The fourth-order valence-electron chi connectivity index (χ4n) is 3.29. The van der Waals surface area contributed by atoms with E-state index in [1.165, 1.54) is 0 Å². The van der Waals surface area contributed by atoms with Gasteiger partial charge in [0.2, 0.25) is 5.91 Å². The third-order valence-corrected chi connectivity index (χ3v) is 5.16. The first-order valence-corrected chi connectivity index (χ1v) is 9.76.